The second kappa shape index (κ2) is 10.0. The lowest BCUT2D eigenvalue weighted by molar-refractivity contribution is -0.140. The zero-order chi connectivity index (χ0) is 19.0. The largest absolute Gasteiger partial charge is 0.480 e. The first kappa shape index (κ1) is 20.9. The van der Waals surface area contributed by atoms with E-state index in [9.17, 15) is 19.5 Å². The van der Waals surface area contributed by atoms with E-state index in [0.29, 0.717) is 11.4 Å². The minimum Gasteiger partial charge on any atom is -0.480 e. The SMILES string of the molecule is CC(C)C[C@H](NCCC(NC(=O)c1cccc(Cl)c1)C(=O)O)C(=O)O. The number of nitrogens with one attached hydrogen (secondary N) is 2. The molecule has 25 heavy (non-hydrogen) atoms. The van der Waals surface area contributed by atoms with Gasteiger partial charge in [0.1, 0.15) is 12.1 Å². The Hall–Kier alpha value is -2.12. The Morgan fingerprint density at radius 3 is 2.28 bits per heavy atom. The van der Waals surface area contributed by atoms with Gasteiger partial charge in [-0.15, -0.1) is 0 Å². The molecule has 138 valence electrons. The van der Waals surface area contributed by atoms with E-state index in [1.165, 1.54) is 12.1 Å². The van der Waals surface area contributed by atoms with Crippen molar-refractivity contribution >= 4 is 29.4 Å². The van der Waals surface area contributed by atoms with Crippen molar-refractivity contribution in [2.24, 2.45) is 5.92 Å². The van der Waals surface area contributed by atoms with Crippen LogP contribution in [0.15, 0.2) is 24.3 Å². The molecule has 8 heteroatoms. The summed E-state index contributed by atoms with van der Waals surface area (Å²) < 4.78 is 0. The topological polar surface area (TPSA) is 116 Å². The normalized spacial score (nSPS) is 13.3. The second-order valence-electron chi connectivity index (χ2n) is 6.14. The summed E-state index contributed by atoms with van der Waals surface area (Å²) in [4.78, 5) is 34.6. The fourth-order valence-corrected chi connectivity index (χ4v) is 2.46. The van der Waals surface area contributed by atoms with Crippen LogP contribution in [0.25, 0.3) is 0 Å². The van der Waals surface area contributed by atoms with Crippen molar-refractivity contribution in [2.75, 3.05) is 6.54 Å². The Balaban J connectivity index is 2.61. The molecule has 0 radical (unpaired) electrons. The summed E-state index contributed by atoms with van der Waals surface area (Å²) >= 11 is 5.82. The molecule has 0 saturated carbocycles. The predicted octanol–water partition coefficient (Wildman–Crippen LogP) is 2.00. The van der Waals surface area contributed by atoms with Crippen LogP contribution in [-0.4, -0.2) is 46.7 Å². The first-order valence-corrected chi connectivity index (χ1v) is 8.34. The molecule has 0 saturated heterocycles. The summed E-state index contributed by atoms with van der Waals surface area (Å²) in [7, 11) is 0. The number of amides is 1. The van der Waals surface area contributed by atoms with Gasteiger partial charge in [-0.1, -0.05) is 31.5 Å². The van der Waals surface area contributed by atoms with Crippen LogP contribution in [0.1, 0.15) is 37.0 Å². The number of benzene rings is 1. The molecular weight excluding hydrogens is 348 g/mol. The zero-order valence-electron chi connectivity index (χ0n) is 14.2. The third-order valence-corrected chi connectivity index (χ3v) is 3.75. The number of halogens is 1. The third-order valence-electron chi connectivity index (χ3n) is 3.52. The fourth-order valence-electron chi connectivity index (χ4n) is 2.27. The Bertz CT molecular complexity index is 621. The number of rotatable bonds is 10. The molecule has 1 unspecified atom stereocenters. The number of hydrogen-bond acceptors (Lipinski definition) is 4. The van der Waals surface area contributed by atoms with E-state index in [0.717, 1.165) is 0 Å². The maximum Gasteiger partial charge on any atom is 0.326 e. The van der Waals surface area contributed by atoms with Crippen molar-refractivity contribution in [2.45, 2.75) is 38.8 Å². The average Bonchev–Trinajstić information content (AvgIpc) is 2.52. The van der Waals surface area contributed by atoms with Crippen LogP contribution < -0.4 is 10.6 Å². The first-order valence-electron chi connectivity index (χ1n) is 7.96. The molecule has 0 fully saturated rings. The average molecular weight is 371 g/mol. The fraction of sp³-hybridized carbons (Fsp3) is 0.471. The van der Waals surface area contributed by atoms with E-state index in [1.807, 2.05) is 13.8 Å². The molecule has 0 heterocycles. The molecular formula is C17H23ClN2O5. The standard InChI is InChI=1S/C17H23ClN2O5/c1-10(2)8-14(17(24)25)19-7-6-13(16(22)23)20-15(21)11-4-3-5-12(18)9-11/h3-5,9-10,13-14,19H,6-8H2,1-2H3,(H,20,21)(H,22,23)(H,24,25)/t13?,14-/m0/s1. The summed E-state index contributed by atoms with van der Waals surface area (Å²) in [6.45, 7) is 3.96. The maximum absolute atomic E-state index is 12.1. The molecule has 0 aliphatic carbocycles. The van der Waals surface area contributed by atoms with Gasteiger partial charge in [-0.3, -0.25) is 9.59 Å². The Labute approximate surface area is 151 Å². The van der Waals surface area contributed by atoms with E-state index in [-0.39, 0.29) is 24.4 Å². The van der Waals surface area contributed by atoms with Crippen LogP contribution in [-0.2, 0) is 9.59 Å². The smallest absolute Gasteiger partial charge is 0.326 e. The highest BCUT2D eigenvalue weighted by Crippen LogP contribution is 2.11. The van der Waals surface area contributed by atoms with Crippen LogP contribution in [0, 0.1) is 5.92 Å². The highest BCUT2D eigenvalue weighted by atomic mass is 35.5. The second-order valence-corrected chi connectivity index (χ2v) is 6.57. The summed E-state index contributed by atoms with van der Waals surface area (Å²) in [6, 6.07) is 4.29. The number of aliphatic carboxylic acids is 2. The van der Waals surface area contributed by atoms with E-state index in [4.69, 9.17) is 16.7 Å². The molecule has 1 aromatic rings. The lowest BCUT2D eigenvalue weighted by Gasteiger charge is -2.19. The number of hydrogen-bond donors (Lipinski definition) is 4. The van der Waals surface area contributed by atoms with Crippen LogP contribution in [0.2, 0.25) is 5.02 Å². The van der Waals surface area contributed by atoms with Gasteiger partial charge in [0.2, 0.25) is 0 Å². The molecule has 1 amide bonds. The highest BCUT2D eigenvalue weighted by Gasteiger charge is 2.23. The monoisotopic (exact) mass is 370 g/mol. The summed E-state index contributed by atoms with van der Waals surface area (Å²) in [5, 5.41) is 24.0. The van der Waals surface area contributed by atoms with Crippen molar-refractivity contribution in [3.05, 3.63) is 34.9 Å². The summed E-state index contributed by atoms with van der Waals surface area (Å²) in [5.41, 5.74) is 0.259. The van der Waals surface area contributed by atoms with E-state index in [2.05, 4.69) is 10.6 Å². The molecule has 4 N–H and O–H groups in total. The van der Waals surface area contributed by atoms with Crippen molar-refractivity contribution in [1.82, 2.24) is 10.6 Å². The van der Waals surface area contributed by atoms with Crippen LogP contribution in [0.3, 0.4) is 0 Å². The lowest BCUT2D eigenvalue weighted by Crippen LogP contribution is -2.45. The van der Waals surface area contributed by atoms with Crippen LogP contribution in [0.4, 0.5) is 0 Å². The molecule has 0 aliphatic heterocycles. The van der Waals surface area contributed by atoms with Gasteiger partial charge >= 0.3 is 11.9 Å². The van der Waals surface area contributed by atoms with Gasteiger partial charge in [0.05, 0.1) is 0 Å². The summed E-state index contributed by atoms with van der Waals surface area (Å²) in [5.74, 6) is -2.53. The van der Waals surface area contributed by atoms with Gasteiger partial charge in [-0.2, -0.15) is 0 Å². The van der Waals surface area contributed by atoms with Gasteiger partial charge in [-0.25, -0.2) is 4.79 Å². The van der Waals surface area contributed by atoms with Gasteiger partial charge in [0, 0.05) is 10.6 Å². The van der Waals surface area contributed by atoms with E-state index < -0.39 is 29.9 Å². The van der Waals surface area contributed by atoms with Gasteiger partial charge in [0.25, 0.3) is 5.91 Å². The molecule has 2 atom stereocenters. The van der Waals surface area contributed by atoms with Crippen LogP contribution in [0.5, 0.6) is 0 Å². The van der Waals surface area contributed by atoms with E-state index in [1.54, 1.807) is 12.1 Å². The predicted molar refractivity (Wildman–Crippen MR) is 93.8 cm³/mol. The first-order chi connectivity index (χ1) is 11.7. The maximum atomic E-state index is 12.1. The number of carboxylic acids is 2. The molecule has 1 aromatic carbocycles. The van der Waals surface area contributed by atoms with Crippen molar-refractivity contribution in [3.63, 3.8) is 0 Å². The molecule has 1 rings (SSSR count). The van der Waals surface area contributed by atoms with Gasteiger partial charge in [-0.05, 0) is 43.5 Å². The zero-order valence-corrected chi connectivity index (χ0v) is 14.9. The van der Waals surface area contributed by atoms with Crippen LogP contribution >= 0.6 is 11.6 Å². The Kier molecular flexibility index (Phi) is 8.37. The quantitative estimate of drug-likeness (QED) is 0.500. The molecule has 0 aromatic heterocycles. The third kappa shape index (κ3) is 7.53. The lowest BCUT2D eigenvalue weighted by atomic mass is 10.0. The number of carboxylic acid groups (broad SMARTS) is 2. The van der Waals surface area contributed by atoms with Crippen molar-refractivity contribution in [3.8, 4) is 0 Å². The van der Waals surface area contributed by atoms with Gasteiger partial charge in [0.15, 0.2) is 0 Å². The molecule has 0 bridgehead atoms. The van der Waals surface area contributed by atoms with Crippen molar-refractivity contribution < 1.29 is 24.6 Å². The summed E-state index contributed by atoms with van der Waals surface area (Å²) in [6.07, 6.45) is 0.492. The molecule has 0 aliphatic rings. The minimum atomic E-state index is -1.19. The minimum absolute atomic E-state index is 0.0590. The number of carbonyl (C=O) groups is 3. The van der Waals surface area contributed by atoms with Crippen molar-refractivity contribution in [1.29, 1.82) is 0 Å². The van der Waals surface area contributed by atoms with Gasteiger partial charge < -0.3 is 20.8 Å². The Morgan fingerprint density at radius 1 is 1.12 bits per heavy atom. The highest BCUT2D eigenvalue weighted by molar-refractivity contribution is 6.30. The number of carbonyl (C=O) groups excluding carboxylic acids is 1. The molecule has 7 nitrogen and oxygen atoms in total. The Morgan fingerprint density at radius 2 is 1.76 bits per heavy atom. The van der Waals surface area contributed by atoms with E-state index >= 15 is 0 Å². The molecule has 0 spiro atoms.